The van der Waals surface area contributed by atoms with E-state index < -0.39 is 10.1 Å². The first kappa shape index (κ1) is 32.0. The number of benzene rings is 1. The Morgan fingerprint density at radius 2 is 1.00 bits per heavy atom. The third-order valence-electron chi connectivity index (χ3n) is 5.23. The minimum atomic E-state index is -3.74. The van der Waals surface area contributed by atoms with Gasteiger partial charge in [-0.1, -0.05) is 18.2 Å². The highest BCUT2D eigenvalue weighted by atomic mass is 32.2. The van der Waals surface area contributed by atoms with Crippen molar-refractivity contribution in [2.24, 2.45) is 0 Å². The quantitative estimate of drug-likeness (QED) is 0.148. The molecule has 1 aliphatic heterocycles. The molecule has 1 fully saturated rings. The summed E-state index contributed by atoms with van der Waals surface area (Å²) in [6.45, 7) is 8.10. The van der Waals surface area contributed by atoms with E-state index in [9.17, 15) is 8.42 Å². The predicted octanol–water partition coefficient (Wildman–Crippen LogP) is 1.26. The van der Waals surface area contributed by atoms with Gasteiger partial charge in [0.2, 0.25) is 0 Å². The van der Waals surface area contributed by atoms with E-state index >= 15 is 0 Å². The van der Waals surface area contributed by atoms with Crippen molar-refractivity contribution in [3.63, 3.8) is 0 Å². The smallest absolute Gasteiger partial charge is 0.297 e. The summed E-state index contributed by atoms with van der Waals surface area (Å²) in [5, 5.41) is 3.32. The summed E-state index contributed by atoms with van der Waals surface area (Å²) >= 11 is 0. The molecule has 1 aliphatic rings. The Morgan fingerprint density at radius 1 is 0.595 bits per heavy atom. The maximum absolute atomic E-state index is 11.9. The zero-order valence-corrected chi connectivity index (χ0v) is 22.5. The standard InChI is InChI=1S/C25H43NO10S/c27-37(28,25-4-2-1-3-5-25)36-23-21-34-19-17-32-15-13-30-11-10-29-12-14-31-16-18-33-20-22-35-24-6-8-26-9-7-24/h1-5,24,26H,6-23H2. The van der Waals surface area contributed by atoms with Gasteiger partial charge >= 0.3 is 0 Å². The first-order valence-electron chi connectivity index (χ1n) is 12.9. The number of nitrogens with one attached hydrogen (secondary N) is 1. The molecular weight excluding hydrogens is 506 g/mol. The van der Waals surface area contributed by atoms with Gasteiger partial charge in [0.1, 0.15) is 0 Å². The Bertz CT molecular complexity index is 747. The van der Waals surface area contributed by atoms with Crippen molar-refractivity contribution >= 4 is 10.1 Å². The molecule has 11 nitrogen and oxygen atoms in total. The Balaban J connectivity index is 1.22. The van der Waals surface area contributed by atoms with Crippen LogP contribution in [0.2, 0.25) is 0 Å². The molecule has 0 bridgehead atoms. The Labute approximate surface area is 221 Å². The number of ether oxygens (including phenoxy) is 7. The molecule has 0 radical (unpaired) electrons. The van der Waals surface area contributed by atoms with Gasteiger partial charge in [-0.3, -0.25) is 4.18 Å². The highest BCUT2D eigenvalue weighted by Crippen LogP contribution is 2.10. The van der Waals surface area contributed by atoms with E-state index in [4.69, 9.17) is 37.3 Å². The topological polar surface area (TPSA) is 120 Å². The van der Waals surface area contributed by atoms with Gasteiger partial charge in [-0.15, -0.1) is 0 Å². The summed E-state index contributed by atoms with van der Waals surface area (Å²) in [5.41, 5.74) is 0. The summed E-state index contributed by atoms with van der Waals surface area (Å²) in [7, 11) is -3.74. The third kappa shape index (κ3) is 17.1. The molecule has 0 unspecified atom stereocenters. The van der Waals surface area contributed by atoms with Crippen molar-refractivity contribution in [3.05, 3.63) is 30.3 Å². The van der Waals surface area contributed by atoms with Gasteiger partial charge in [0.25, 0.3) is 10.1 Å². The number of piperidine rings is 1. The summed E-state index contributed by atoms with van der Waals surface area (Å²) in [6.07, 6.45) is 2.51. The average molecular weight is 550 g/mol. The maximum atomic E-state index is 11.9. The van der Waals surface area contributed by atoms with Crippen molar-refractivity contribution in [2.45, 2.75) is 23.8 Å². The number of hydrogen-bond acceptors (Lipinski definition) is 11. The van der Waals surface area contributed by atoms with Crippen molar-refractivity contribution in [1.82, 2.24) is 5.32 Å². The monoisotopic (exact) mass is 549 g/mol. The Hall–Kier alpha value is -1.19. The molecule has 0 aromatic heterocycles. The van der Waals surface area contributed by atoms with Gasteiger partial charge in [0, 0.05) is 0 Å². The SMILES string of the molecule is O=S(=O)(OCCOCCOCCOCCOCCOCCOCCOC1CCNCC1)c1ccccc1. The first-order chi connectivity index (χ1) is 18.2. The number of hydrogen-bond donors (Lipinski definition) is 1. The predicted molar refractivity (Wildman–Crippen MR) is 136 cm³/mol. The summed E-state index contributed by atoms with van der Waals surface area (Å²) in [5.74, 6) is 0. The highest BCUT2D eigenvalue weighted by molar-refractivity contribution is 7.86. The molecule has 2 rings (SSSR count). The molecule has 12 heteroatoms. The third-order valence-corrected chi connectivity index (χ3v) is 6.55. The first-order valence-corrected chi connectivity index (χ1v) is 14.3. The fourth-order valence-electron chi connectivity index (χ4n) is 3.30. The molecule has 214 valence electrons. The molecule has 0 atom stereocenters. The van der Waals surface area contributed by atoms with Gasteiger partial charge in [-0.05, 0) is 38.1 Å². The molecule has 0 saturated carbocycles. The van der Waals surface area contributed by atoms with E-state index in [0.29, 0.717) is 85.4 Å². The van der Waals surface area contributed by atoms with Crippen LogP contribution in [0.25, 0.3) is 0 Å². The average Bonchev–Trinajstić information content (AvgIpc) is 2.92. The molecule has 0 spiro atoms. The minimum absolute atomic E-state index is 0.0483. The van der Waals surface area contributed by atoms with Crippen LogP contribution in [0.5, 0.6) is 0 Å². The van der Waals surface area contributed by atoms with Crippen LogP contribution >= 0.6 is 0 Å². The van der Waals surface area contributed by atoms with Crippen molar-refractivity contribution in [3.8, 4) is 0 Å². The lowest BCUT2D eigenvalue weighted by molar-refractivity contribution is -0.0308. The van der Waals surface area contributed by atoms with Crippen LogP contribution in [0.1, 0.15) is 12.8 Å². The molecule has 1 aromatic rings. The molecule has 1 aromatic carbocycles. The lowest BCUT2D eigenvalue weighted by Gasteiger charge is -2.22. The minimum Gasteiger partial charge on any atom is -0.377 e. The normalized spacial score (nSPS) is 14.8. The van der Waals surface area contributed by atoms with Crippen LogP contribution in [0.15, 0.2) is 35.2 Å². The number of rotatable bonds is 24. The zero-order valence-electron chi connectivity index (χ0n) is 21.7. The largest absolute Gasteiger partial charge is 0.377 e. The van der Waals surface area contributed by atoms with Gasteiger partial charge in [0.15, 0.2) is 0 Å². The van der Waals surface area contributed by atoms with E-state index in [-0.39, 0.29) is 18.1 Å². The Morgan fingerprint density at radius 3 is 1.46 bits per heavy atom. The second-order valence-corrected chi connectivity index (χ2v) is 9.70. The van der Waals surface area contributed by atoms with E-state index in [1.165, 1.54) is 12.1 Å². The van der Waals surface area contributed by atoms with Crippen LogP contribution in [-0.4, -0.2) is 120 Å². The molecule has 0 amide bonds. The fraction of sp³-hybridized carbons (Fsp3) is 0.760. The summed E-state index contributed by atoms with van der Waals surface area (Å²) in [6, 6.07) is 8.00. The van der Waals surface area contributed by atoms with E-state index in [2.05, 4.69) is 5.32 Å². The van der Waals surface area contributed by atoms with Crippen LogP contribution in [0, 0.1) is 0 Å². The lowest BCUT2D eigenvalue weighted by atomic mass is 10.1. The lowest BCUT2D eigenvalue weighted by Crippen LogP contribution is -2.33. The van der Waals surface area contributed by atoms with Crippen LogP contribution in [-0.2, 0) is 47.5 Å². The van der Waals surface area contributed by atoms with Crippen LogP contribution in [0.4, 0.5) is 0 Å². The second kappa shape index (κ2) is 21.7. The molecule has 1 heterocycles. The molecular formula is C25H43NO10S. The van der Waals surface area contributed by atoms with Gasteiger partial charge in [0.05, 0.1) is 103 Å². The molecule has 1 N–H and O–H groups in total. The molecule has 37 heavy (non-hydrogen) atoms. The summed E-state index contributed by atoms with van der Waals surface area (Å²) < 4.78 is 67.1. The maximum Gasteiger partial charge on any atom is 0.297 e. The van der Waals surface area contributed by atoms with Crippen molar-refractivity contribution < 1.29 is 45.8 Å². The fourth-order valence-corrected chi connectivity index (χ4v) is 4.21. The summed E-state index contributed by atoms with van der Waals surface area (Å²) in [4.78, 5) is 0.127. The van der Waals surface area contributed by atoms with Gasteiger partial charge in [-0.2, -0.15) is 8.42 Å². The van der Waals surface area contributed by atoms with Gasteiger partial charge in [-0.25, -0.2) is 0 Å². The van der Waals surface area contributed by atoms with Crippen molar-refractivity contribution in [1.29, 1.82) is 0 Å². The van der Waals surface area contributed by atoms with E-state index in [1.54, 1.807) is 18.2 Å². The van der Waals surface area contributed by atoms with Crippen LogP contribution < -0.4 is 5.32 Å². The second-order valence-electron chi connectivity index (χ2n) is 8.08. The highest BCUT2D eigenvalue weighted by Gasteiger charge is 2.14. The van der Waals surface area contributed by atoms with Crippen LogP contribution in [0.3, 0.4) is 0 Å². The van der Waals surface area contributed by atoms with Gasteiger partial charge < -0.3 is 38.5 Å². The van der Waals surface area contributed by atoms with E-state index in [1.807, 2.05) is 0 Å². The Kier molecular flexibility index (Phi) is 18.8. The molecule has 0 aliphatic carbocycles. The van der Waals surface area contributed by atoms with Crippen molar-refractivity contribution in [2.75, 3.05) is 106 Å². The molecule has 1 saturated heterocycles. The zero-order chi connectivity index (χ0) is 26.3. The van der Waals surface area contributed by atoms with E-state index in [0.717, 1.165) is 25.9 Å².